The van der Waals surface area contributed by atoms with Crippen molar-refractivity contribution in [1.29, 1.82) is 0 Å². The van der Waals surface area contributed by atoms with Gasteiger partial charge in [0, 0.05) is 37.1 Å². The van der Waals surface area contributed by atoms with Gasteiger partial charge in [0.1, 0.15) is 6.61 Å². The number of rotatable bonds is 8. The molecule has 0 radical (unpaired) electrons. The fourth-order valence-corrected chi connectivity index (χ4v) is 3.27. The second-order valence-corrected chi connectivity index (χ2v) is 7.34. The molecule has 0 spiro atoms. The third-order valence-corrected chi connectivity index (χ3v) is 5.13. The topological polar surface area (TPSA) is 80.8 Å². The smallest absolute Gasteiger partial charge is 0.255 e. The molecule has 2 amide bonds. The Labute approximate surface area is 179 Å². The quantitative estimate of drug-likeness (QED) is 0.591. The maximum absolute atomic E-state index is 12.8. The molecule has 3 aromatic rings. The predicted molar refractivity (Wildman–Crippen MR) is 116 cm³/mol. The van der Waals surface area contributed by atoms with Crippen molar-refractivity contribution in [2.24, 2.45) is 0 Å². The maximum Gasteiger partial charge on any atom is 0.255 e. The molecule has 30 heavy (non-hydrogen) atoms. The van der Waals surface area contributed by atoms with Crippen molar-refractivity contribution >= 4 is 28.8 Å². The predicted octanol–water partition coefficient (Wildman–Crippen LogP) is 3.96. The average Bonchev–Trinajstić information content (AvgIpc) is 3.27. The Morgan fingerprint density at radius 3 is 2.67 bits per heavy atom. The number of methoxy groups -OCH3 is 1. The van der Waals surface area contributed by atoms with Gasteiger partial charge in [-0.1, -0.05) is 18.2 Å². The summed E-state index contributed by atoms with van der Waals surface area (Å²) in [7, 11) is 3.25. The van der Waals surface area contributed by atoms with E-state index < -0.39 is 0 Å². The Balaban J connectivity index is 1.73. The van der Waals surface area contributed by atoms with Gasteiger partial charge in [-0.05, 0) is 29.8 Å². The van der Waals surface area contributed by atoms with Crippen LogP contribution in [0.2, 0.25) is 0 Å². The lowest BCUT2D eigenvalue weighted by atomic mass is 10.1. The number of para-hydroxylation sites is 1. The molecule has 0 aliphatic heterocycles. The minimum atomic E-state index is -0.280. The lowest BCUT2D eigenvalue weighted by Crippen LogP contribution is -2.24. The summed E-state index contributed by atoms with van der Waals surface area (Å²) in [4.78, 5) is 30.1. The molecule has 0 aliphatic rings. The second-order valence-electron chi connectivity index (χ2n) is 6.62. The van der Waals surface area contributed by atoms with Gasteiger partial charge in [-0.3, -0.25) is 9.59 Å². The van der Waals surface area contributed by atoms with Gasteiger partial charge in [0.2, 0.25) is 5.91 Å². The van der Waals surface area contributed by atoms with Gasteiger partial charge in [-0.2, -0.15) is 0 Å². The molecule has 0 atom stereocenters. The van der Waals surface area contributed by atoms with Crippen molar-refractivity contribution in [3.05, 3.63) is 70.2 Å². The fourth-order valence-electron chi connectivity index (χ4n) is 2.73. The van der Waals surface area contributed by atoms with E-state index in [0.717, 1.165) is 11.3 Å². The van der Waals surface area contributed by atoms with Crippen molar-refractivity contribution < 1.29 is 19.1 Å². The van der Waals surface area contributed by atoms with E-state index in [2.05, 4.69) is 10.3 Å². The summed E-state index contributed by atoms with van der Waals surface area (Å²) < 4.78 is 11.2. The molecule has 0 saturated heterocycles. The number of thiazole rings is 1. The Kier molecular flexibility index (Phi) is 7.03. The number of benzene rings is 2. The highest BCUT2D eigenvalue weighted by Crippen LogP contribution is 2.29. The number of ether oxygens (including phenoxy) is 2. The number of carbonyl (C=O) groups excluding carboxylic acids is 2. The first-order valence-electron chi connectivity index (χ1n) is 9.26. The first-order valence-corrected chi connectivity index (χ1v) is 10.2. The molecular formula is C22H23N3O4S. The highest BCUT2D eigenvalue weighted by molar-refractivity contribution is 7.07. The SMILES string of the molecule is COc1cc(C(=O)Nc2ccccc2CN(C)C(C)=O)ccc1OCc1cscn1. The van der Waals surface area contributed by atoms with E-state index in [0.29, 0.717) is 35.9 Å². The molecule has 2 aromatic carbocycles. The number of aromatic nitrogens is 1. The summed E-state index contributed by atoms with van der Waals surface area (Å²) in [6.45, 7) is 2.23. The van der Waals surface area contributed by atoms with E-state index in [1.807, 2.05) is 29.6 Å². The fraction of sp³-hybridized carbons (Fsp3) is 0.227. The van der Waals surface area contributed by atoms with Crippen molar-refractivity contribution in [3.63, 3.8) is 0 Å². The van der Waals surface area contributed by atoms with E-state index >= 15 is 0 Å². The van der Waals surface area contributed by atoms with Crippen molar-refractivity contribution in [2.45, 2.75) is 20.1 Å². The summed E-state index contributed by atoms with van der Waals surface area (Å²) in [5.41, 5.74) is 4.51. The van der Waals surface area contributed by atoms with Crippen LogP contribution in [0.1, 0.15) is 28.5 Å². The number of nitrogens with zero attached hydrogens (tertiary/aromatic N) is 2. The van der Waals surface area contributed by atoms with Gasteiger partial charge in [0.25, 0.3) is 5.91 Å². The van der Waals surface area contributed by atoms with Crippen LogP contribution >= 0.6 is 11.3 Å². The van der Waals surface area contributed by atoms with Crippen LogP contribution in [0.4, 0.5) is 5.69 Å². The van der Waals surface area contributed by atoms with Crippen LogP contribution in [-0.4, -0.2) is 35.9 Å². The van der Waals surface area contributed by atoms with Crippen molar-refractivity contribution in [3.8, 4) is 11.5 Å². The van der Waals surface area contributed by atoms with Gasteiger partial charge in [0.05, 0.1) is 18.3 Å². The molecule has 0 unspecified atom stereocenters. The number of nitrogens with one attached hydrogen (secondary N) is 1. The molecule has 8 heteroatoms. The molecule has 1 heterocycles. The molecule has 3 rings (SSSR count). The van der Waals surface area contributed by atoms with E-state index in [1.165, 1.54) is 25.4 Å². The molecule has 7 nitrogen and oxygen atoms in total. The minimum Gasteiger partial charge on any atom is -0.493 e. The summed E-state index contributed by atoms with van der Waals surface area (Å²) in [5, 5.41) is 4.83. The van der Waals surface area contributed by atoms with Gasteiger partial charge in [-0.15, -0.1) is 11.3 Å². The zero-order valence-electron chi connectivity index (χ0n) is 17.0. The number of hydrogen-bond acceptors (Lipinski definition) is 6. The standard InChI is InChI=1S/C22H23N3O4S/c1-15(26)25(2)11-17-6-4-5-7-19(17)24-22(27)16-8-9-20(21(10-16)28-3)29-12-18-13-30-14-23-18/h4-10,13-14H,11-12H2,1-3H3,(H,24,27). The summed E-state index contributed by atoms with van der Waals surface area (Å²) in [6.07, 6.45) is 0. The number of carbonyl (C=O) groups is 2. The third kappa shape index (κ3) is 5.36. The molecular weight excluding hydrogens is 402 g/mol. The molecule has 0 bridgehead atoms. The lowest BCUT2D eigenvalue weighted by molar-refractivity contribution is -0.128. The monoisotopic (exact) mass is 425 g/mol. The van der Waals surface area contributed by atoms with Crippen LogP contribution in [-0.2, 0) is 17.9 Å². The summed E-state index contributed by atoms with van der Waals surface area (Å²) in [6, 6.07) is 12.4. The van der Waals surface area contributed by atoms with Crippen LogP contribution in [0, 0.1) is 0 Å². The largest absolute Gasteiger partial charge is 0.493 e. The van der Waals surface area contributed by atoms with Crippen molar-refractivity contribution in [2.75, 3.05) is 19.5 Å². The van der Waals surface area contributed by atoms with Gasteiger partial charge in [0.15, 0.2) is 11.5 Å². The number of hydrogen-bond donors (Lipinski definition) is 1. The maximum atomic E-state index is 12.8. The second kappa shape index (κ2) is 9.89. The Morgan fingerprint density at radius 2 is 1.97 bits per heavy atom. The van der Waals surface area contributed by atoms with E-state index in [4.69, 9.17) is 9.47 Å². The highest BCUT2D eigenvalue weighted by atomic mass is 32.1. The van der Waals surface area contributed by atoms with Crippen LogP contribution in [0.5, 0.6) is 11.5 Å². The van der Waals surface area contributed by atoms with E-state index in [-0.39, 0.29) is 11.8 Å². The average molecular weight is 426 g/mol. The van der Waals surface area contributed by atoms with E-state index in [1.54, 1.807) is 35.7 Å². The number of anilines is 1. The van der Waals surface area contributed by atoms with Gasteiger partial charge in [-0.25, -0.2) is 4.98 Å². The summed E-state index contributed by atoms with van der Waals surface area (Å²) in [5.74, 6) is 0.666. The van der Waals surface area contributed by atoms with Gasteiger partial charge < -0.3 is 19.7 Å². The summed E-state index contributed by atoms with van der Waals surface area (Å²) >= 11 is 1.50. The highest BCUT2D eigenvalue weighted by Gasteiger charge is 2.14. The zero-order chi connectivity index (χ0) is 21.5. The zero-order valence-corrected chi connectivity index (χ0v) is 17.9. The molecule has 0 aliphatic carbocycles. The van der Waals surface area contributed by atoms with Crippen LogP contribution in [0.15, 0.2) is 53.4 Å². The van der Waals surface area contributed by atoms with Crippen molar-refractivity contribution in [1.82, 2.24) is 9.88 Å². The Bertz CT molecular complexity index is 1020. The van der Waals surface area contributed by atoms with Crippen LogP contribution < -0.4 is 14.8 Å². The molecule has 1 N–H and O–H groups in total. The molecule has 0 saturated carbocycles. The molecule has 0 fully saturated rings. The van der Waals surface area contributed by atoms with E-state index in [9.17, 15) is 9.59 Å². The van der Waals surface area contributed by atoms with Crippen LogP contribution in [0.3, 0.4) is 0 Å². The first kappa shape index (κ1) is 21.3. The Hall–Kier alpha value is -3.39. The normalized spacial score (nSPS) is 10.4. The third-order valence-electron chi connectivity index (χ3n) is 4.50. The number of amides is 2. The van der Waals surface area contributed by atoms with Gasteiger partial charge >= 0.3 is 0 Å². The first-order chi connectivity index (χ1) is 14.5. The molecule has 1 aromatic heterocycles. The molecule has 156 valence electrons. The Morgan fingerprint density at radius 1 is 1.17 bits per heavy atom. The lowest BCUT2D eigenvalue weighted by Gasteiger charge is -2.18. The minimum absolute atomic E-state index is 0.0471. The van der Waals surface area contributed by atoms with Crippen LogP contribution in [0.25, 0.3) is 0 Å².